The number of amides is 8. The van der Waals surface area contributed by atoms with Crippen molar-refractivity contribution in [3.05, 3.63) is 35.9 Å². The Morgan fingerprint density at radius 3 is 1.83 bits per heavy atom. The second-order valence-electron chi connectivity index (χ2n) is 16.1. The average Bonchev–Trinajstić information content (AvgIpc) is 3.74. The van der Waals surface area contributed by atoms with Gasteiger partial charge in [-0.25, -0.2) is 4.79 Å². The molecule has 1 saturated heterocycles. The molecule has 0 saturated carbocycles. The number of aliphatic carboxylic acids is 3. The standard InChI is InChI=1S/C41H61N9O14S/c1-5-21(4)33(49-34(56)23(42)17-31(54)55)40(62)50-15-9-12-28(50)38(60)44-24(13-14-30(52)53)35(57)48-32(20(2)3)39(61)47-27(19-65)37(59)45-25(16-22-10-7-6-8-11-22)36(58)46-26(41(63)64)18-29(43)51/h6-8,10-11,20-21,23-28,32-33,65H,5,9,12-19,42H2,1-4H3,(H2,43,51)(H,44,60)(H,45,59)(H,46,58)(H,47,61)(H,48,57)(H,49,56)(H,52,53)(H,54,55)(H,63,64). The molecule has 1 heterocycles. The maximum absolute atomic E-state index is 13.9. The summed E-state index contributed by atoms with van der Waals surface area (Å²) < 4.78 is 0. The van der Waals surface area contributed by atoms with Gasteiger partial charge in [-0.1, -0.05) is 64.4 Å². The number of hydrogen-bond acceptors (Lipinski definition) is 13. The molecular weight excluding hydrogens is 875 g/mol. The van der Waals surface area contributed by atoms with E-state index < -0.39 is 151 Å². The molecule has 0 bridgehead atoms. The van der Waals surface area contributed by atoms with E-state index in [4.69, 9.17) is 16.6 Å². The summed E-state index contributed by atoms with van der Waals surface area (Å²) in [4.78, 5) is 142. The number of nitrogens with one attached hydrogen (secondary N) is 6. The summed E-state index contributed by atoms with van der Waals surface area (Å²) in [6.45, 7) is 6.62. The van der Waals surface area contributed by atoms with Gasteiger partial charge in [0.05, 0.1) is 18.9 Å². The molecule has 24 heteroatoms. The number of primary amides is 1. The smallest absolute Gasteiger partial charge is 0.326 e. The zero-order valence-corrected chi connectivity index (χ0v) is 37.5. The molecular formula is C41H61N9O14S. The first-order chi connectivity index (χ1) is 30.5. The van der Waals surface area contributed by atoms with Crippen LogP contribution in [0.1, 0.15) is 78.2 Å². The van der Waals surface area contributed by atoms with Gasteiger partial charge >= 0.3 is 17.9 Å². The van der Waals surface area contributed by atoms with Crippen LogP contribution in [0.5, 0.6) is 0 Å². The van der Waals surface area contributed by atoms with E-state index in [1.165, 1.54) is 4.90 Å². The molecule has 9 atom stereocenters. The molecule has 1 aromatic carbocycles. The summed E-state index contributed by atoms with van der Waals surface area (Å²) in [5, 5.41) is 42.7. The van der Waals surface area contributed by atoms with Gasteiger partial charge in [-0.2, -0.15) is 12.6 Å². The van der Waals surface area contributed by atoms with E-state index in [9.17, 15) is 63.0 Å². The average molecular weight is 936 g/mol. The number of hydrogen-bond donors (Lipinski definition) is 12. The minimum Gasteiger partial charge on any atom is -0.481 e. The lowest BCUT2D eigenvalue weighted by molar-refractivity contribution is -0.144. The normalized spacial score (nSPS) is 17.1. The summed E-state index contributed by atoms with van der Waals surface area (Å²) in [7, 11) is 0. The Kier molecular flexibility index (Phi) is 22.3. The van der Waals surface area contributed by atoms with Gasteiger partial charge in [-0.3, -0.25) is 47.9 Å². The highest BCUT2D eigenvalue weighted by atomic mass is 32.1. The molecule has 1 fully saturated rings. The van der Waals surface area contributed by atoms with Crippen molar-refractivity contribution in [2.45, 2.75) is 127 Å². The third-order valence-corrected chi connectivity index (χ3v) is 11.0. The minimum atomic E-state index is -1.71. The monoisotopic (exact) mass is 935 g/mol. The van der Waals surface area contributed by atoms with Crippen LogP contribution in [0.2, 0.25) is 0 Å². The molecule has 1 aliphatic rings. The summed E-state index contributed by atoms with van der Waals surface area (Å²) in [5.74, 6) is -12.8. The first-order valence-electron chi connectivity index (χ1n) is 21.0. The number of rotatable bonds is 27. The van der Waals surface area contributed by atoms with Crippen LogP contribution in [0.15, 0.2) is 30.3 Å². The lowest BCUT2D eigenvalue weighted by Crippen LogP contribution is -2.61. The topological polar surface area (TPSA) is 376 Å². The number of thiol groups is 1. The Bertz CT molecular complexity index is 1900. The molecule has 8 amide bonds. The largest absolute Gasteiger partial charge is 0.481 e. The molecule has 23 nitrogen and oxygen atoms in total. The Balaban J connectivity index is 2.29. The van der Waals surface area contributed by atoms with Gasteiger partial charge in [0.1, 0.15) is 42.3 Å². The summed E-state index contributed by atoms with van der Waals surface area (Å²) in [6.07, 6.45) is -1.73. The van der Waals surface area contributed by atoms with Gasteiger partial charge in [-0.05, 0) is 36.7 Å². The molecule has 1 aliphatic heterocycles. The Labute approximate surface area is 380 Å². The van der Waals surface area contributed by atoms with Gasteiger partial charge in [0.15, 0.2) is 0 Å². The fourth-order valence-corrected chi connectivity index (χ4v) is 7.02. The second-order valence-corrected chi connectivity index (χ2v) is 16.4. The van der Waals surface area contributed by atoms with E-state index >= 15 is 0 Å². The number of carboxylic acids is 3. The molecule has 0 aromatic heterocycles. The molecule has 0 spiro atoms. The van der Waals surface area contributed by atoms with Crippen LogP contribution >= 0.6 is 12.6 Å². The first kappa shape index (κ1) is 54.8. The van der Waals surface area contributed by atoms with Crippen molar-refractivity contribution in [1.29, 1.82) is 0 Å². The van der Waals surface area contributed by atoms with Gasteiger partial charge < -0.3 is 63.6 Å². The van der Waals surface area contributed by atoms with Crippen LogP contribution in [0.4, 0.5) is 0 Å². The van der Waals surface area contributed by atoms with Gasteiger partial charge in [0.25, 0.3) is 0 Å². The Morgan fingerprint density at radius 1 is 0.723 bits per heavy atom. The van der Waals surface area contributed by atoms with E-state index in [0.29, 0.717) is 18.4 Å². The van der Waals surface area contributed by atoms with Crippen molar-refractivity contribution >= 4 is 77.8 Å². The summed E-state index contributed by atoms with van der Waals surface area (Å²) in [5.41, 5.74) is 11.4. The molecule has 9 unspecified atom stereocenters. The summed E-state index contributed by atoms with van der Waals surface area (Å²) in [6, 6.07) is -3.01. The fraction of sp³-hybridized carbons (Fsp3) is 0.585. The van der Waals surface area contributed by atoms with Gasteiger partial charge in [0.2, 0.25) is 47.3 Å². The number of carboxylic acid groups (broad SMARTS) is 3. The van der Waals surface area contributed by atoms with Crippen molar-refractivity contribution in [1.82, 2.24) is 36.8 Å². The molecule has 2 rings (SSSR count). The highest BCUT2D eigenvalue weighted by Crippen LogP contribution is 2.22. The van der Waals surface area contributed by atoms with Crippen LogP contribution in [-0.2, 0) is 59.2 Å². The number of likely N-dealkylation sites (tertiary alicyclic amines) is 1. The van der Waals surface area contributed by atoms with E-state index in [2.05, 4.69) is 44.5 Å². The molecule has 1 aromatic rings. The van der Waals surface area contributed by atoms with Crippen molar-refractivity contribution in [2.75, 3.05) is 12.3 Å². The van der Waals surface area contributed by atoms with Gasteiger partial charge in [-0.15, -0.1) is 0 Å². The summed E-state index contributed by atoms with van der Waals surface area (Å²) >= 11 is 4.19. The van der Waals surface area contributed by atoms with Crippen molar-refractivity contribution in [3.63, 3.8) is 0 Å². The second kappa shape index (κ2) is 26.5. The highest BCUT2D eigenvalue weighted by Gasteiger charge is 2.41. The fourth-order valence-electron chi connectivity index (χ4n) is 6.76. The quantitative estimate of drug-likeness (QED) is 0.0402. The number of carbonyl (C=O) groups excluding carboxylic acids is 8. The zero-order chi connectivity index (χ0) is 49.1. The maximum atomic E-state index is 13.9. The number of benzene rings is 1. The SMILES string of the molecule is CCC(C)C(NC(=O)C(N)CC(=O)O)C(=O)N1CCCC1C(=O)NC(CCC(=O)O)C(=O)NC(C(=O)NC(CS)C(=O)NC(Cc1ccccc1)C(=O)NC(CC(N)=O)C(=O)O)C(C)C. The predicted octanol–water partition coefficient (Wildman–Crippen LogP) is -2.61. The van der Waals surface area contributed by atoms with Crippen LogP contribution in [0.3, 0.4) is 0 Å². The molecule has 0 aliphatic carbocycles. The first-order valence-corrected chi connectivity index (χ1v) is 21.6. The number of nitrogens with two attached hydrogens (primary N) is 2. The lowest BCUT2D eigenvalue weighted by Gasteiger charge is -2.32. The molecule has 0 radical (unpaired) electrons. The van der Waals surface area contributed by atoms with Gasteiger partial charge in [0, 0.05) is 25.1 Å². The predicted molar refractivity (Wildman–Crippen MR) is 233 cm³/mol. The van der Waals surface area contributed by atoms with Crippen molar-refractivity contribution < 1.29 is 68.1 Å². The van der Waals surface area contributed by atoms with Crippen LogP contribution in [0, 0.1) is 11.8 Å². The Morgan fingerprint density at radius 2 is 1.29 bits per heavy atom. The maximum Gasteiger partial charge on any atom is 0.326 e. The molecule has 360 valence electrons. The van der Waals surface area contributed by atoms with E-state index in [0.717, 1.165) is 0 Å². The van der Waals surface area contributed by atoms with Crippen LogP contribution < -0.4 is 43.4 Å². The van der Waals surface area contributed by atoms with Crippen molar-refractivity contribution in [3.8, 4) is 0 Å². The zero-order valence-electron chi connectivity index (χ0n) is 36.6. The van der Waals surface area contributed by atoms with E-state index in [-0.39, 0.29) is 25.1 Å². The van der Waals surface area contributed by atoms with Crippen LogP contribution in [-0.4, -0.2) is 146 Å². The Hall–Kier alpha value is -6.30. The third kappa shape index (κ3) is 17.7. The number of nitrogens with zero attached hydrogens (tertiary/aromatic N) is 1. The van der Waals surface area contributed by atoms with E-state index in [1.807, 2.05) is 0 Å². The lowest BCUT2D eigenvalue weighted by atomic mass is 9.96. The molecule has 65 heavy (non-hydrogen) atoms. The minimum absolute atomic E-state index is 0.0815. The van der Waals surface area contributed by atoms with E-state index in [1.54, 1.807) is 58.0 Å². The third-order valence-electron chi connectivity index (χ3n) is 10.6. The van der Waals surface area contributed by atoms with Crippen LogP contribution in [0.25, 0.3) is 0 Å². The highest BCUT2D eigenvalue weighted by molar-refractivity contribution is 7.80. The van der Waals surface area contributed by atoms with Crippen molar-refractivity contribution in [2.24, 2.45) is 23.3 Å². The number of carbonyl (C=O) groups is 11. The molecule has 13 N–H and O–H groups in total.